The van der Waals surface area contributed by atoms with E-state index in [9.17, 15) is 4.79 Å². The molecular formula is C21H26N4O2. The van der Waals surface area contributed by atoms with Gasteiger partial charge in [-0.3, -0.25) is 9.79 Å². The van der Waals surface area contributed by atoms with Gasteiger partial charge in [0.05, 0.1) is 35.3 Å². The summed E-state index contributed by atoms with van der Waals surface area (Å²) in [6, 6.07) is 9.86. The first-order chi connectivity index (χ1) is 12.9. The number of carbonyl (C=O) groups is 1. The van der Waals surface area contributed by atoms with Crippen molar-refractivity contribution < 1.29 is 9.21 Å². The summed E-state index contributed by atoms with van der Waals surface area (Å²) < 4.78 is 5.10. The van der Waals surface area contributed by atoms with Gasteiger partial charge in [0.1, 0.15) is 17.6 Å². The number of amides is 1. The van der Waals surface area contributed by atoms with Crippen molar-refractivity contribution in [1.82, 2.24) is 4.90 Å². The standard InChI is InChI=1S/C21H26N4O2/c1-20(2,3)24-19-21(23-17-8-5-4-7-16(17)22-19)10-6-11-25(14-21)18(26)15-9-12-27-13-15/h4-5,7-9,12-13,23H,6,10-11,14H2,1-3H3,(H,22,24)/t21-/m0/s1. The Bertz CT molecular complexity index is 867. The zero-order valence-corrected chi connectivity index (χ0v) is 16.1. The molecule has 1 spiro atoms. The van der Waals surface area contributed by atoms with Crippen molar-refractivity contribution in [3.63, 3.8) is 0 Å². The van der Waals surface area contributed by atoms with Crippen molar-refractivity contribution in [2.75, 3.05) is 23.7 Å². The number of likely N-dealkylation sites (tertiary alicyclic amines) is 1. The van der Waals surface area contributed by atoms with Crippen molar-refractivity contribution in [1.29, 1.82) is 0 Å². The number of fused-ring (bicyclic) bond motifs is 1. The second-order valence-electron chi connectivity index (χ2n) is 8.35. The van der Waals surface area contributed by atoms with E-state index in [0.717, 1.165) is 36.6 Å². The van der Waals surface area contributed by atoms with Crippen LogP contribution >= 0.6 is 0 Å². The minimum Gasteiger partial charge on any atom is -0.472 e. The molecule has 1 saturated heterocycles. The minimum atomic E-state index is -0.417. The maximum atomic E-state index is 12.9. The Morgan fingerprint density at radius 2 is 2.00 bits per heavy atom. The summed E-state index contributed by atoms with van der Waals surface area (Å²) in [5.74, 6) is 0.900. The third kappa shape index (κ3) is 3.44. The molecule has 2 aliphatic rings. The Labute approximate surface area is 159 Å². The third-order valence-corrected chi connectivity index (χ3v) is 5.00. The number of benzene rings is 1. The van der Waals surface area contributed by atoms with Gasteiger partial charge in [-0.1, -0.05) is 12.1 Å². The van der Waals surface area contributed by atoms with Gasteiger partial charge in [0.2, 0.25) is 0 Å². The number of carbonyl (C=O) groups excluding carboxylic acids is 1. The van der Waals surface area contributed by atoms with Crippen LogP contribution < -0.4 is 10.6 Å². The fourth-order valence-corrected chi connectivity index (χ4v) is 3.83. The van der Waals surface area contributed by atoms with Crippen molar-refractivity contribution >= 4 is 23.1 Å². The first-order valence-electron chi connectivity index (χ1n) is 9.42. The Hall–Kier alpha value is -2.76. The van der Waals surface area contributed by atoms with Crippen LogP contribution in [0.5, 0.6) is 0 Å². The summed E-state index contributed by atoms with van der Waals surface area (Å²) in [4.78, 5) is 19.8. The number of nitrogens with zero attached hydrogens (tertiary/aromatic N) is 2. The van der Waals surface area contributed by atoms with Crippen LogP contribution in [0.25, 0.3) is 0 Å². The zero-order valence-electron chi connectivity index (χ0n) is 16.1. The number of para-hydroxylation sites is 2. The smallest absolute Gasteiger partial charge is 0.257 e. The lowest BCUT2D eigenvalue weighted by atomic mass is 9.84. The Morgan fingerprint density at radius 3 is 2.70 bits per heavy atom. The molecule has 1 amide bonds. The van der Waals surface area contributed by atoms with Gasteiger partial charge in [-0.05, 0) is 51.8 Å². The molecule has 6 heteroatoms. The highest BCUT2D eigenvalue weighted by atomic mass is 16.3. The van der Waals surface area contributed by atoms with Gasteiger partial charge in [-0.25, -0.2) is 0 Å². The molecule has 2 aromatic rings. The fraction of sp³-hybridized carbons (Fsp3) is 0.429. The second-order valence-corrected chi connectivity index (χ2v) is 8.35. The lowest BCUT2D eigenvalue weighted by molar-refractivity contribution is 0.0693. The molecule has 4 rings (SSSR count). The Morgan fingerprint density at radius 1 is 1.22 bits per heavy atom. The van der Waals surface area contributed by atoms with E-state index in [0.29, 0.717) is 12.1 Å². The molecule has 0 bridgehead atoms. The summed E-state index contributed by atoms with van der Waals surface area (Å²) in [7, 11) is 0. The van der Waals surface area contributed by atoms with Crippen molar-refractivity contribution in [3.8, 4) is 0 Å². The normalized spacial score (nSPS) is 23.7. The van der Waals surface area contributed by atoms with Crippen LogP contribution in [0.1, 0.15) is 44.0 Å². The SMILES string of the molecule is CC(C)(C)N=C1Nc2ccccc2N[C@]12CCCN(C(=O)c1ccoc1)C2. The Kier molecular flexibility index (Phi) is 4.21. The van der Waals surface area contributed by atoms with Gasteiger partial charge in [-0.15, -0.1) is 0 Å². The van der Waals surface area contributed by atoms with E-state index in [4.69, 9.17) is 9.41 Å². The molecule has 1 fully saturated rings. The van der Waals surface area contributed by atoms with Gasteiger partial charge in [-0.2, -0.15) is 0 Å². The number of nitrogens with one attached hydrogen (secondary N) is 2. The number of hydrogen-bond donors (Lipinski definition) is 2. The molecular weight excluding hydrogens is 340 g/mol. The molecule has 2 aliphatic heterocycles. The lowest BCUT2D eigenvalue weighted by Crippen LogP contribution is -2.63. The summed E-state index contributed by atoms with van der Waals surface area (Å²) in [5.41, 5.74) is 2.01. The maximum absolute atomic E-state index is 12.9. The average Bonchev–Trinajstić information content (AvgIpc) is 3.15. The Balaban J connectivity index is 1.71. The van der Waals surface area contributed by atoms with E-state index >= 15 is 0 Å². The largest absolute Gasteiger partial charge is 0.472 e. The lowest BCUT2D eigenvalue weighted by Gasteiger charge is -2.47. The number of anilines is 2. The van der Waals surface area contributed by atoms with Gasteiger partial charge < -0.3 is 20.0 Å². The predicted octanol–water partition coefficient (Wildman–Crippen LogP) is 3.99. The van der Waals surface area contributed by atoms with Crippen LogP contribution in [0.15, 0.2) is 52.3 Å². The number of piperidine rings is 1. The molecule has 1 atom stereocenters. The molecule has 6 nitrogen and oxygen atoms in total. The van der Waals surface area contributed by atoms with E-state index in [1.165, 1.54) is 12.5 Å². The monoisotopic (exact) mass is 366 g/mol. The van der Waals surface area contributed by atoms with Gasteiger partial charge in [0.15, 0.2) is 0 Å². The third-order valence-electron chi connectivity index (χ3n) is 5.00. The predicted molar refractivity (Wildman–Crippen MR) is 107 cm³/mol. The highest BCUT2D eigenvalue weighted by molar-refractivity contribution is 6.10. The molecule has 2 N–H and O–H groups in total. The van der Waals surface area contributed by atoms with Crippen LogP contribution in [-0.2, 0) is 0 Å². The average molecular weight is 366 g/mol. The molecule has 3 heterocycles. The van der Waals surface area contributed by atoms with E-state index in [1.807, 2.05) is 23.1 Å². The first kappa shape index (κ1) is 17.6. The maximum Gasteiger partial charge on any atom is 0.257 e. The van der Waals surface area contributed by atoms with E-state index in [2.05, 4.69) is 37.5 Å². The van der Waals surface area contributed by atoms with Crippen molar-refractivity contribution in [3.05, 3.63) is 48.4 Å². The first-order valence-corrected chi connectivity index (χ1v) is 9.42. The van der Waals surface area contributed by atoms with E-state index in [1.54, 1.807) is 6.07 Å². The number of amidine groups is 1. The summed E-state index contributed by atoms with van der Waals surface area (Å²) in [5, 5.41) is 7.24. The molecule has 0 unspecified atom stereocenters. The number of furan rings is 1. The van der Waals surface area contributed by atoms with Crippen LogP contribution in [0, 0.1) is 0 Å². The van der Waals surface area contributed by atoms with Crippen LogP contribution in [0.4, 0.5) is 11.4 Å². The topological polar surface area (TPSA) is 69.9 Å². The second kappa shape index (κ2) is 6.44. The number of hydrogen-bond acceptors (Lipinski definition) is 4. The number of rotatable bonds is 1. The van der Waals surface area contributed by atoms with Crippen molar-refractivity contribution in [2.24, 2.45) is 4.99 Å². The molecule has 1 aromatic carbocycles. The number of aliphatic imine (C=N–C) groups is 1. The summed E-state index contributed by atoms with van der Waals surface area (Å²) >= 11 is 0. The van der Waals surface area contributed by atoms with Gasteiger partial charge in [0, 0.05) is 6.54 Å². The fourth-order valence-electron chi connectivity index (χ4n) is 3.83. The van der Waals surface area contributed by atoms with Gasteiger partial charge in [0.25, 0.3) is 5.91 Å². The highest BCUT2D eigenvalue weighted by Gasteiger charge is 2.45. The molecule has 27 heavy (non-hydrogen) atoms. The molecule has 142 valence electrons. The molecule has 0 aliphatic carbocycles. The summed E-state index contributed by atoms with van der Waals surface area (Å²) in [6.45, 7) is 7.57. The quantitative estimate of drug-likeness (QED) is 0.801. The minimum absolute atomic E-state index is 0.00130. The van der Waals surface area contributed by atoms with Crippen LogP contribution in [-0.4, -0.2) is 40.8 Å². The molecule has 0 radical (unpaired) electrons. The highest BCUT2D eigenvalue weighted by Crippen LogP contribution is 2.37. The van der Waals surface area contributed by atoms with E-state index < -0.39 is 5.54 Å². The van der Waals surface area contributed by atoms with Crippen molar-refractivity contribution in [2.45, 2.75) is 44.7 Å². The summed E-state index contributed by atoms with van der Waals surface area (Å²) in [6.07, 6.45) is 4.87. The zero-order chi connectivity index (χ0) is 19.1. The molecule has 1 aromatic heterocycles. The van der Waals surface area contributed by atoms with Crippen LogP contribution in [0.2, 0.25) is 0 Å². The van der Waals surface area contributed by atoms with E-state index in [-0.39, 0.29) is 11.4 Å². The molecule has 0 saturated carbocycles. The van der Waals surface area contributed by atoms with Crippen LogP contribution in [0.3, 0.4) is 0 Å². The van der Waals surface area contributed by atoms with Gasteiger partial charge >= 0.3 is 0 Å².